The summed E-state index contributed by atoms with van der Waals surface area (Å²) in [6.07, 6.45) is -0.620. The summed E-state index contributed by atoms with van der Waals surface area (Å²) >= 11 is 10.2. The molecule has 15 heavy (non-hydrogen) atoms. The van der Waals surface area contributed by atoms with Gasteiger partial charge in [0.25, 0.3) is 0 Å². The standard InChI is InChI=1S/C9H10BrClO3S/c1-2-4(9(13)14)7(12)6-3-5(10)8(11)15-6/h3-4,7,12H,2H2,1H3,(H,13,14). The van der Waals surface area contributed by atoms with Crippen LogP contribution in [0.2, 0.25) is 4.34 Å². The van der Waals surface area contributed by atoms with Gasteiger partial charge in [0.2, 0.25) is 0 Å². The van der Waals surface area contributed by atoms with Crippen LogP contribution in [0.4, 0.5) is 0 Å². The van der Waals surface area contributed by atoms with Crippen LogP contribution in [0.3, 0.4) is 0 Å². The Morgan fingerprint density at radius 3 is 2.67 bits per heavy atom. The molecule has 1 heterocycles. The van der Waals surface area contributed by atoms with Crippen LogP contribution in [0.15, 0.2) is 10.5 Å². The lowest BCUT2D eigenvalue weighted by Crippen LogP contribution is -2.20. The normalized spacial score (nSPS) is 14.9. The first-order valence-electron chi connectivity index (χ1n) is 4.33. The third-order valence-corrected chi connectivity index (χ3v) is 4.64. The van der Waals surface area contributed by atoms with Crippen LogP contribution in [0, 0.1) is 5.92 Å². The van der Waals surface area contributed by atoms with Crippen molar-refractivity contribution in [2.75, 3.05) is 0 Å². The van der Waals surface area contributed by atoms with Crippen molar-refractivity contribution in [2.24, 2.45) is 5.92 Å². The highest BCUT2D eigenvalue weighted by Gasteiger charge is 2.27. The van der Waals surface area contributed by atoms with Crippen LogP contribution >= 0.6 is 38.9 Å². The van der Waals surface area contributed by atoms with E-state index < -0.39 is 18.0 Å². The Labute approximate surface area is 105 Å². The molecule has 1 aromatic rings. The number of hydrogen-bond donors (Lipinski definition) is 2. The SMILES string of the molecule is CCC(C(=O)O)C(O)c1cc(Br)c(Cl)s1. The number of carboxylic acid groups (broad SMARTS) is 1. The number of halogens is 2. The minimum Gasteiger partial charge on any atom is -0.481 e. The van der Waals surface area contributed by atoms with E-state index in [0.29, 0.717) is 20.1 Å². The second kappa shape index (κ2) is 5.30. The van der Waals surface area contributed by atoms with Crippen molar-refractivity contribution in [1.82, 2.24) is 0 Å². The molecule has 0 amide bonds. The molecule has 2 N–H and O–H groups in total. The molecule has 0 saturated carbocycles. The molecule has 84 valence electrons. The first-order valence-corrected chi connectivity index (χ1v) is 6.31. The van der Waals surface area contributed by atoms with Gasteiger partial charge in [0.1, 0.15) is 10.4 Å². The Morgan fingerprint density at radius 2 is 2.33 bits per heavy atom. The van der Waals surface area contributed by atoms with E-state index in [1.165, 1.54) is 11.3 Å². The highest BCUT2D eigenvalue weighted by molar-refractivity contribution is 9.10. The van der Waals surface area contributed by atoms with E-state index in [-0.39, 0.29) is 0 Å². The van der Waals surface area contributed by atoms with Crippen molar-refractivity contribution in [3.8, 4) is 0 Å². The number of thiophene rings is 1. The van der Waals surface area contributed by atoms with Gasteiger partial charge in [-0.2, -0.15) is 0 Å². The van der Waals surface area contributed by atoms with E-state index in [1.54, 1.807) is 13.0 Å². The molecule has 0 radical (unpaired) electrons. The second-order valence-corrected chi connectivity index (χ2v) is 5.61. The summed E-state index contributed by atoms with van der Waals surface area (Å²) in [5, 5.41) is 18.7. The molecular formula is C9H10BrClO3S. The lowest BCUT2D eigenvalue weighted by atomic mass is 9.99. The fourth-order valence-electron chi connectivity index (χ4n) is 1.24. The van der Waals surface area contributed by atoms with Gasteiger partial charge >= 0.3 is 5.97 Å². The van der Waals surface area contributed by atoms with Gasteiger partial charge in [-0.3, -0.25) is 4.79 Å². The number of carboxylic acids is 1. The molecule has 2 unspecified atom stereocenters. The molecule has 0 spiro atoms. The molecule has 6 heteroatoms. The van der Waals surface area contributed by atoms with E-state index in [4.69, 9.17) is 16.7 Å². The third kappa shape index (κ3) is 2.93. The molecule has 2 atom stereocenters. The number of rotatable bonds is 4. The maximum Gasteiger partial charge on any atom is 0.309 e. The third-order valence-electron chi connectivity index (χ3n) is 2.09. The highest BCUT2D eigenvalue weighted by Crippen LogP contribution is 2.38. The minimum absolute atomic E-state index is 0.379. The number of aliphatic hydroxyl groups is 1. The Morgan fingerprint density at radius 1 is 1.73 bits per heavy atom. The van der Waals surface area contributed by atoms with Crippen molar-refractivity contribution in [2.45, 2.75) is 19.4 Å². The van der Waals surface area contributed by atoms with Crippen LogP contribution in [-0.4, -0.2) is 16.2 Å². The number of hydrogen-bond acceptors (Lipinski definition) is 3. The summed E-state index contributed by atoms with van der Waals surface area (Å²) < 4.78 is 1.20. The van der Waals surface area contributed by atoms with E-state index >= 15 is 0 Å². The first kappa shape index (κ1) is 13.0. The van der Waals surface area contributed by atoms with Crippen LogP contribution in [0.1, 0.15) is 24.3 Å². The summed E-state index contributed by atoms with van der Waals surface area (Å²) in [4.78, 5) is 11.4. The van der Waals surface area contributed by atoms with Crippen molar-refractivity contribution in [1.29, 1.82) is 0 Å². The minimum atomic E-state index is -0.999. The quantitative estimate of drug-likeness (QED) is 0.896. The molecule has 0 aliphatic rings. The highest BCUT2D eigenvalue weighted by atomic mass is 79.9. The monoisotopic (exact) mass is 312 g/mol. The van der Waals surface area contributed by atoms with Crippen LogP contribution in [0.25, 0.3) is 0 Å². The summed E-state index contributed by atoms with van der Waals surface area (Å²) in [5.74, 6) is -1.78. The fourth-order valence-corrected chi connectivity index (χ4v) is 3.03. The summed E-state index contributed by atoms with van der Waals surface area (Å²) in [7, 11) is 0. The summed E-state index contributed by atoms with van der Waals surface area (Å²) in [6, 6.07) is 1.66. The lowest BCUT2D eigenvalue weighted by molar-refractivity contribution is -0.145. The Hall–Kier alpha value is -0.100. The first-order chi connectivity index (χ1) is 6.97. The molecular weight excluding hydrogens is 304 g/mol. The molecule has 0 aliphatic heterocycles. The van der Waals surface area contributed by atoms with Crippen LogP contribution in [0.5, 0.6) is 0 Å². The van der Waals surface area contributed by atoms with Crippen molar-refractivity contribution in [3.05, 3.63) is 19.8 Å². The van der Waals surface area contributed by atoms with E-state index in [2.05, 4.69) is 15.9 Å². The zero-order valence-electron chi connectivity index (χ0n) is 7.91. The number of aliphatic carboxylic acids is 1. The maximum atomic E-state index is 10.8. The van der Waals surface area contributed by atoms with Gasteiger partial charge in [0, 0.05) is 9.35 Å². The summed E-state index contributed by atoms with van der Waals surface area (Å²) in [5.41, 5.74) is 0. The van der Waals surface area contributed by atoms with E-state index in [0.717, 1.165) is 0 Å². The molecule has 0 bridgehead atoms. The van der Waals surface area contributed by atoms with Crippen molar-refractivity contribution >= 4 is 44.8 Å². The smallest absolute Gasteiger partial charge is 0.309 e. The largest absolute Gasteiger partial charge is 0.481 e. The molecule has 1 rings (SSSR count). The van der Waals surface area contributed by atoms with Gasteiger partial charge in [-0.1, -0.05) is 18.5 Å². The van der Waals surface area contributed by atoms with Crippen molar-refractivity contribution in [3.63, 3.8) is 0 Å². The van der Waals surface area contributed by atoms with Crippen molar-refractivity contribution < 1.29 is 15.0 Å². The Balaban J connectivity index is 2.92. The van der Waals surface area contributed by atoms with Gasteiger partial charge in [0.05, 0.1) is 5.92 Å². The number of aliphatic hydroxyl groups excluding tert-OH is 1. The average Bonchev–Trinajstić information content (AvgIpc) is 2.47. The van der Waals surface area contributed by atoms with E-state index in [1.807, 2.05) is 0 Å². The fraction of sp³-hybridized carbons (Fsp3) is 0.444. The van der Waals surface area contributed by atoms with Gasteiger partial charge in [-0.05, 0) is 28.4 Å². The molecule has 1 aromatic heterocycles. The Bertz CT molecular complexity index is 347. The maximum absolute atomic E-state index is 10.8. The van der Waals surface area contributed by atoms with Gasteiger partial charge < -0.3 is 10.2 Å². The lowest BCUT2D eigenvalue weighted by Gasteiger charge is -2.15. The molecule has 0 aliphatic carbocycles. The van der Waals surface area contributed by atoms with Crippen LogP contribution in [-0.2, 0) is 4.79 Å². The Kier molecular flexibility index (Phi) is 4.58. The predicted molar refractivity (Wildman–Crippen MR) is 63.4 cm³/mol. The predicted octanol–water partition coefficient (Wildman–Crippen LogP) is 3.31. The topological polar surface area (TPSA) is 57.5 Å². The number of carbonyl (C=O) groups is 1. The van der Waals surface area contributed by atoms with E-state index in [9.17, 15) is 9.90 Å². The summed E-state index contributed by atoms with van der Waals surface area (Å²) in [6.45, 7) is 1.73. The second-order valence-electron chi connectivity index (χ2n) is 3.07. The van der Waals surface area contributed by atoms with Crippen LogP contribution < -0.4 is 0 Å². The molecule has 0 saturated heterocycles. The molecule has 0 fully saturated rings. The molecule has 3 nitrogen and oxygen atoms in total. The van der Waals surface area contributed by atoms with Gasteiger partial charge in [0.15, 0.2) is 0 Å². The van der Waals surface area contributed by atoms with Gasteiger partial charge in [-0.15, -0.1) is 11.3 Å². The molecule has 0 aromatic carbocycles. The zero-order valence-corrected chi connectivity index (χ0v) is 11.1. The van der Waals surface area contributed by atoms with Gasteiger partial charge in [-0.25, -0.2) is 0 Å². The average molecular weight is 314 g/mol. The zero-order chi connectivity index (χ0) is 11.6.